The van der Waals surface area contributed by atoms with Crippen LogP contribution in [0.3, 0.4) is 0 Å². The Balaban J connectivity index is 1.74. The Morgan fingerprint density at radius 3 is 2.75 bits per heavy atom. The summed E-state index contributed by atoms with van der Waals surface area (Å²) in [6.45, 7) is 0.565. The molecule has 6 nitrogen and oxygen atoms in total. The Bertz CT molecular complexity index is 544. The number of aliphatic carboxylic acids is 1. The number of carboxylic acids is 1. The number of carbonyl (C=O) groups is 2. The van der Waals surface area contributed by atoms with E-state index < -0.39 is 18.1 Å². The van der Waals surface area contributed by atoms with Crippen LogP contribution in [0.15, 0.2) is 24.3 Å². The van der Waals surface area contributed by atoms with Crippen molar-refractivity contribution in [2.75, 3.05) is 13.2 Å². The molecule has 1 saturated heterocycles. The standard InChI is InChI=1S/C14H15NO5/c16-13(15-7-3-4-9(15)14(17)18)12-8-19-10-5-1-2-6-11(10)20-12/h1-2,5-6,9,12H,3-4,7-8H2,(H,17,18)/t9-,12?/m1/s1. The number of ether oxygens (including phenoxy) is 2. The van der Waals surface area contributed by atoms with Crippen LogP contribution in [0, 0.1) is 0 Å². The van der Waals surface area contributed by atoms with E-state index in [-0.39, 0.29) is 12.5 Å². The summed E-state index contributed by atoms with van der Waals surface area (Å²) in [5, 5.41) is 9.12. The van der Waals surface area contributed by atoms with Gasteiger partial charge in [-0.05, 0) is 25.0 Å². The van der Waals surface area contributed by atoms with Crippen LogP contribution in [0.1, 0.15) is 12.8 Å². The zero-order chi connectivity index (χ0) is 14.1. The maximum absolute atomic E-state index is 12.4. The van der Waals surface area contributed by atoms with Gasteiger partial charge in [0.25, 0.3) is 5.91 Å². The van der Waals surface area contributed by atoms with Gasteiger partial charge in [0.05, 0.1) is 0 Å². The van der Waals surface area contributed by atoms with E-state index in [0.717, 1.165) is 0 Å². The van der Waals surface area contributed by atoms with Gasteiger partial charge in [-0.25, -0.2) is 4.79 Å². The molecule has 0 spiro atoms. The highest BCUT2D eigenvalue weighted by Gasteiger charge is 2.39. The second-order valence-electron chi connectivity index (χ2n) is 4.89. The van der Waals surface area contributed by atoms with E-state index in [0.29, 0.717) is 30.9 Å². The van der Waals surface area contributed by atoms with Crippen LogP contribution >= 0.6 is 0 Å². The minimum Gasteiger partial charge on any atom is -0.485 e. The first-order chi connectivity index (χ1) is 9.66. The van der Waals surface area contributed by atoms with Crippen molar-refractivity contribution in [3.63, 3.8) is 0 Å². The molecular formula is C14H15NO5. The fourth-order valence-electron chi connectivity index (χ4n) is 2.61. The number of para-hydroxylation sites is 2. The van der Waals surface area contributed by atoms with Crippen molar-refractivity contribution >= 4 is 11.9 Å². The van der Waals surface area contributed by atoms with E-state index in [4.69, 9.17) is 14.6 Å². The molecule has 0 aliphatic carbocycles. The number of hydrogen-bond donors (Lipinski definition) is 1. The summed E-state index contributed by atoms with van der Waals surface area (Å²) in [6, 6.07) is 6.37. The third kappa shape index (κ3) is 2.17. The molecule has 2 aliphatic heterocycles. The van der Waals surface area contributed by atoms with E-state index in [1.54, 1.807) is 18.2 Å². The Labute approximate surface area is 115 Å². The molecule has 20 heavy (non-hydrogen) atoms. The summed E-state index contributed by atoms with van der Waals surface area (Å²) < 4.78 is 11.1. The molecular weight excluding hydrogens is 262 g/mol. The topological polar surface area (TPSA) is 76.1 Å². The van der Waals surface area contributed by atoms with E-state index >= 15 is 0 Å². The van der Waals surface area contributed by atoms with E-state index in [9.17, 15) is 9.59 Å². The number of rotatable bonds is 2. The summed E-state index contributed by atoms with van der Waals surface area (Å²) in [7, 11) is 0. The van der Waals surface area contributed by atoms with Crippen LogP contribution in [0.5, 0.6) is 11.5 Å². The van der Waals surface area contributed by atoms with Gasteiger partial charge < -0.3 is 19.5 Å². The van der Waals surface area contributed by atoms with Crippen molar-refractivity contribution in [2.24, 2.45) is 0 Å². The van der Waals surface area contributed by atoms with Crippen LogP contribution in [0.25, 0.3) is 0 Å². The highest BCUT2D eigenvalue weighted by atomic mass is 16.6. The first-order valence-electron chi connectivity index (χ1n) is 6.58. The van der Waals surface area contributed by atoms with Crippen LogP contribution < -0.4 is 9.47 Å². The van der Waals surface area contributed by atoms with Gasteiger partial charge in [-0.2, -0.15) is 0 Å². The van der Waals surface area contributed by atoms with Crippen LogP contribution in [-0.4, -0.2) is 47.2 Å². The van der Waals surface area contributed by atoms with Crippen molar-refractivity contribution in [3.8, 4) is 11.5 Å². The minimum atomic E-state index is -0.965. The lowest BCUT2D eigenvalue weighted by molar-refractivity contribution is -0.152. The second-order valence-corrected chi connectivity index (χ2v) is 4.89. The van der Waals surface area contributed by atoms with Crippen LogP contribution in [-0.2, 0) is 9.59 Å². The molecule has 1 aromatic rings. The average molecular weight is 277 g/mol. The monoisotopic (exact) mass is 277 g/mol. The molecule has 106 valence electrons. The molecule has 1 fully saturated rings. The third-order valence-corrected chi connectivity index (χ3v) is 3.60. The highest BCUT2D eigenvalue weighted by molar-refractivity contribution is 5.87. The molecule has 1 N–H and O–H groups in total. The molecule has 1 unspecified atom stereocenters. The third-order valence-electron chi connectivity index (χ3n) is 3.60. The number of amides is 1. The summed E-state index contributed by atoms with van der Waals surface area (Å²) in [5.41, 5.74) is 0. The van der Waals surface area contributed by atoms with Gasteiger partial charge in [0.1, 0.15) is 12.6 Å². The second kappa shape index (κ2) is 5.03. The van der Waals surface area contributed by atoms with Crippen molar-refractivity contribution in [3.05, 3.63) is 24.3 Å². The quantitative estimate of drug-likeness (QED) is 0.869. The molecule has 3 rings (SSSR count). The average Bonchev–Trinajstić information content (AvgIpc) is 2.95. The molecule has 2 atom stereocenters. The fraction of sp³-hybridized carbons (Fsp3) is 0.429. The predicted octanol–water partition coefficient (Wildman–Crippen LogP) is 0.902. The zero-order valence-electron chi connectivity index (χ0n) is 10.8. The number of carboxylic acid groups (broad SMARTS) is 1. The van der Waals surface area contributed by atoms with Crippen molar-refractivity contribution < 1.29 is 24.2 Å². The smallest absolute Gasteiger partial charge is 0.326 e. The summed E-state index contributed by atoms with van der Waals surface area (Å²) >= 11 is 0. The van der Waals surface area contributed by atoms with E-state index in [1.165, 1.54) is 4.90 Å². The zero-order valence-corrected chi connectivity index (χ0v) is 10.8. The fourth-order valence-corrected chi connectivity index (χ4v) is 2.61. The largest absolute Gasteiger partial charge is 0.485 e. The van der Waals surface area contributed by atoms with Crippen LogP contribution in [0.2, 0.25) is 0 Å². The van der Waals surface area contributed by atoms with Gasteiger partial charge in [0.15, 0.2) is 11.5 Å². The highest BCUT2D eigenvalue weighted by Crippen LogP contribution is 2.32. The lowest BCUT2D eigenvalue weighted by Gasteiger charge is -2.30. The van der Waals surface area contributed by atoms with Crippen LogP contribution in [0.4, 0.5) is 0 Å². The maximum atomic E-state index is 12.4. The molecule has 1 amide bonds. The summed E-state index contributed by atoms with van der Waals surface area (Å²) in [6.07, 6.45) is 0.419. The van der Waals surface area contributed by atoms with Crippen molar-refractivity contribution in [1.29, 1.82) is 0 Å². The Hall–Kier alpha value is -2.24. The summed E-state index contributed by atoms with van der Waals surface area (Å²) in [4.78, 5) is 24.9. The van der Waals surface area contributed by atoms with Crippen molar-refractivity contribution in [1.82, 2.24) is 4.90 Å². The summed E-state index contributed by atoms with van der Waals surface area (Å²) in [5.74, 6) is -0.159. The lowest BCUT2D eigenvalue weighted by atomic mass is 10.2. The van der Waals surface area contributed by atoms with Gasteiger partial charge in [-0.1, -0.05) is 12.1 Å². The van der Waals surface area contributed by atoms with Gasteiger partial charge in [0, 0.05) is 6.54 Å². The first kappa shape index (κ1) is 12.8. The Kier molecular flexibility index (Phi) is 3.22. The number of benzene rings is 1. The Morgan fingerprint density at radius 1 is 1.25 bits per heavy atom. The molecule has 0 aromatic heterocycles. The molecule has 0 bridgehead atoms. The first-order valence-corrected chi connectivity index (χ1v) is 6.58. The predicted molar refractivity (Wildman–Crippen MR) is 68.7 cm³/mol. The molecule has 0 saturated carbocycles. The van der Waals surface area contributed by atoms with E-state index in [1.807, 2.05) is 6.07 Å². The minimum absolute atomic E-state index is 0.110. The van der Waals surface area contributed by atoms with Gasteiger partial charge in [-0.3, -0.25) is 4.79 Å². The molecule has 6 heteroatoms. The van der Waals surface area contributed by atoms with E-state index in [2.05, 4.69) is 0 Å². The number of likely N-dealkylation sites (tertiary alicyclic amines) is 1. The normalized spacial score (nSPS) is 24.5. The molecule has 0 radical (unpaired) electrons. The number of hydrogen-bond acceptors (Lipinski definition) is 4. The van der Waals surface area contributed by atoms with Gasteiger partial charge >= 0.3 is 5.97 Å². The van der Waals surface area contributed by atoms with Crippen molar-refractivity contribution in [2.45, 2.75) is 25.0 Å². The Morgan fingerprint density at radius 2 is 2.00 bits per heavy atom. The molecule has 2 heterocycles. The SMILES string of the molecule is O=C(O)[C@H]1CCCN1C(=O)C1COc2ccccc2O1. The molecule has 1 aromatic carbocycles. The van der Waals surface area contributed by atoms with Gasteiger partial charge in [-0.15, -0.1) is 0 Å². The lowest BCUT2D eigenvalue weighted by Crippen LogP contribution is -2.50. The maximum Gasteiger partial charge on any atom is 0.326 e. The molecule has 2 aliphatic rings. The number of carbonyl (C=O) groups excluding carboxylic acids is 1. The number of nitrogens with zero attached hydrogens (tertiary/aromatic N) is 1. The van der Waals surface area contributed by atoms with Gasteiger partial charge in [0.2, 0.25) is 6.10 Å². The number of fused-ring (bicyclic) bond motifs is 1.